The van der Waals surface area contributed by atoms with Gasteiger partial charge in [-0.15, -0.1) is 0 Å². The summed E-state index contributed by atoms with van der Waals surface area (Å²) >= 11 is 6.04. The van der Waals surface area contributed by atoms with E-state index in [0.29, 0.717) is 22.1 Å². The van der Waals surface area contributed by atoms with Gasteiger partial charge in [-0.3, -0.25) is 4.79 Å². The SMILES string of the molecule is COC(=O)Cc1c(-c2ccc(O)cc2)nc2ccc(Cl)cn12. The van der Waals surface area contributed by atoms with Crippen LogP contribution in [0.15, 0.2) is 42.6 Å². The predicted molar refractivity (Wildman–Crippen MR) is 83.0 cm³/mol. The molecule has 5 nitrogen and oxygen atoms in total. The van der Waals surface area contributed by atoms with Crippen molar-refractivity contribution >= 4 is 23.2 Å². The van der Waals surface area contributed by atoms with Gasteiger partial charge in [0.25, 0.3) is 0 Å². The highest BCUT2D eigenvalue weighted by Crippen LogP contribution is 2.27. The largest absolute Gasteiger partial charge is 0.508 e. The molecule has 0 aliphatic carbocycles. The molecule has 0 radical (unpaired) electrons. The van der Waals surface area contributed by atoms with Gasteiger partial charge in [-0.05, 0) is 36.4 Å². The maximum Gasteiger partial charge on any atom is 0.311 e. The zero-order chi connectivity index (χ0) is 15.7. The first-order chi connectivity index (χ1) is 10.6. The molecule has 0 saturated heterocycles. The summed E-state index contributed by atoms with van der Waals surface area (Å²) in [6.07, 6.45) is 1.79. The summed E-state index contributed by atoms with van der Waals surface area (Å²) in [7, 11) is 1.35. The molecule has 2 heterocycles. The van der Waals surface area contributed by atoms with Gasteiger partial charge in [0, 0.05) is 11.8 Å². The van der Waals surface area contributed by atoms with Gasteiger partial charge in [-0.25, -0.2) is 4.98 Å². The van der Waals surface area contributed by atoms with Crippen molar-refractivity contribution in [1.29, 1.82) is 0 Å². The number of phenolic OH excluding ortho intramolecular Hbond substituents is 1. The number of pyridine rings is 1. The fraction of sp³-hybridized carbons (Fsp3) is 0.125. The molecule has 112 valence electrons. The van der Waals surface area contributed by atoms with Gasteiger partial charge in [0.05, 0.1) is 29.9 Å². The van der Waals surface area contributed by atoms with Crippen LogP contribution in [-0.4, -0.2) is 27.6 Å². The van der Waals surface area contributed by atoms with E-state index in [9.17, 15) is 9.90 Å². The summed E-state index contributed by atoms with van der Waals surface area (Å²) in [5.41, 5.74) is 2.84. The van der Waals surface area contributed by atoms with E-state index in [1.54, 1.807) is 47.0 Å². The maximum atomic E-state index is 11.7. The molecule has 0 aliphatic heterocycles. The van der Waals surface area contributed by atoms with E-state index in [1.165, 1.54) is 7.11 Å². The molecule has 0 amide bonds. The Morgan fingerprint density at radius 2 is 2.00 bits per heavy atom. The Labute approximate surface area is 131 Å². The lowest BCUT2D eigenvalue weighted by Gasteiger charge is -2.05. The number of benzene rings is 1. The number of esters is 1. The molecule has 0 bridgehead atoms. The molecule has 22 heavy (non-hydrogen) atoms. The molecular formula is C16H13ClN2O3. The Kier molecular flexibility index (Phi) is 3.73. The first-order valence-corrected chi connectivity index (χ1v) is 6.99. The third-order valence-corrected chi connectivity index (χ3v) is 3.59. The second kappa shape index (κ2) is 5.69. The number of ether oxygens (including phenoxy) is 1. The molecule has 0 atom stereocenters. The summed E-state index contributed by atoms with van der Waals surface area (Å²) in [6, 6.07) is 10.2. The van der Waals surface area contributed by atoms with Gasteiger partial charge in [0.2, 0.25) is 0 Å². The standard InChI is InChI=1S/C16H13ClN2O3/c1-22-15(21)8-13-16(10-2-5-12(20)6-3-10)18-14-7-4-11(17)9-19(13)14/h2-7,9,20H,8H2,1H3. The quantitative estimate of drug-likeness (QED) is 0.754. The summed E-state index contributed by atoms with van der Waals surface area (Å²) in [4.78, 5) is 16.3. The monoisotopic (exact) mass is 316 g/mol. The molecule has 0 aliphatic rings. The van der Waals surface area contributed by atoms with Crippen LogP contribution in [0, 0.1) is 0 Å². The summed E-state index contributed by atoms with van der Waals surface area (Å²) in [5.74, 6) is -0.188. The average molecular weight is 317 g/mol. The lowest BCUT2D eigenvalue weighted by Crippen LogP contribution is -2.07. The Morgan fingerprint density at radius 3 is 2.68 bits per heavy atom. The predicted octanol–water partition coefficient (Wildman–Crippen LogP) is 3.08. The first-order valence-electron chi connectivity index (χ1n) is 6.61. The van der Waals surface area contributed by atoms with Crippen LogP contribution in [0.2, 0.25) is 5.02 Å². The molecule has 3 rings (SSSR count). The Morgan fingerprint density at radius 1 is 1.27 bits per heavy atom. The average Bonchev–Trinajstić information content (AvgIpc) is 2.86. The molecule has 0 spiro atoms. The number of phenols is 1. The summed E-state index contributed by atoms with van der Waals surface area (Å²) in [6.45, 7) is 0. The highest BCUT2D eigenvalue weighted by Gasteiger charge is 2.17. The number of imidazole rings is 1. The number of aromatic hydroxyl groups is 1. The highest BCUT2D eigenvalue weighted by atomic mass is 35.5. The molecule has 1 N–H and O–H groups in total. The van der Waals surface area contributed by atoms with Crippen LogP contribution >= 0.6 is 11.6 Å². The molecule has 0 fully saturated rings. The zero-order valence-corrected chi connectivity index (χ0v) is 12.5. The minimum Gasteiger partial charge on any atom is -0.508 e. The van der Waals surface area contributed by atoms with Crippen LogP contribution in [0.3, 0.4) is 0 Å². The zero-order valence-electron chi connectivity index (χ0n) is 11.8. The van der Waals surface area contributed by atoms with Crippen molar-refractivity contribution in [3.63, 3.8) is 0 Å². The van der Waals surface area contributed by atoms with E-state index >= 15 is 0 Å². The van der Waals surface area contributed by atoms with Crippen LogP contribution in [0.4, 0.5) is 0 Å². The topological polar surface area (TPSA) is 63.8 Å². The van der Waals surface area contributed by atoms with Gasteiger partial charge < -0.3 is 14.2 Å². The third-order valence-electron chi connectivity index (χ3n) is 3.36. The number of aromatic nitrogens is 2. The number of carbonyl (C=O) groups is 1. The van der Waals surface area contributed by atoms with E-state index in [2.05, 4.69) is 4.98 Å². The van der Waals surface area contributed by atoms with Crippen molar-refractivity contribution in [3.8, 4) is 17.0 Å². The fourth-order valence-corrected chi connectivity index (χ4v) is 2.46. The van der Waals surface area contributed by atoms with E-state index in [4.69, 9.17) is 16.3 Å². The van der Waals surface area contributed by atoms with Crippen LogP contribution in [0.1, 0.15) is 5.69 Å². The number of methoxy groups -OCH3 is 1. The summed E-state index contributed by atoms with van der Waals surface area (Å²) < 4.78 is 6.54. The molecular weight excluding hydrogens is 304 g/mol. The number of carbonyl (C=O) groups excluding carboxylic acids is 1. The lowest BCUT2D eigenvalue weighted by atomic mass is 10.1. The van der Waals surface area contributed by atoms with Gasteiger partial charge >= 0.3 is 5.97 Å². The van der Waals surface area contributed by atoms with Crippen molar-refractivity contribution in [2.24, 2.45) is 0 Å². The van der Waals surface area contributed by atoms with Gasteiger partial charge in [0.1, 0.15) is 11.4 Å². The number of rotatable bonds is 3. The number of hydrogen-bond donors (Lipinski definition) is 1. The van der Waals surface area contributed by atoms with Gasteiger partial charge in [0.15, 0.2) is 0 Å². The normalized spacial score (nSPS) is 10.8. The van der Waals surface area contributed by atoms with Crippen molar-refractivity contribution in [3.05, 3.63) is 53.3 Å². The molecule has 0 unspecified atom stereocenters. The maximum absolute atomic E-state index is 11.7. The number of hydrogen-bond acceptors (Lipinski definition) is 4. The van der Waals surface area contributed by atoms with E-state index in [-0.39, 0.29) is 18.1 Å². The van der Waals surface area contributed by atoms with Crippen LogP contribution in [0.5, 0.6) is 5.75 Å². The van der Waals surface area contributed by atoms with Crippen molar-refractivity contribution in [1.82, 2.24) is 9.38 Å². The molecule has 1 aromatic carbocycles. The van der Waals surface area contributed by atoms with Crippen molar-refractivity contribution in [2.45, 2.75) is 6.42 Å². The fourth-order valence-electron chi connectivity index (χ4n) is 2.30. The molecule has 0 saturated carbocycles. The van der Waals surface area contributed by atoms with Crippen molar-refractivity contribution < 1.29 is 14.6 Å². The Hall–Kier alpha value is -2.53. The van der Waals surface area contributed by atoms with Crippen LogP contribution in [0.25, 0.3) is 16.9 Å². The van der Waals surface area contributed by atoms with E-state index in [1.807, 2.05) is 0 Å². The first kappa shape index (κ1) is 14.4. The van der Waals surface area contributed by atoms with E-state index < -0.39 is 0 Å². The second-order valence-corrected chi connectivity index (χ2v) is 5.22. The van der Waals surface area contributed by atoms with Crippen LogP contribution < -0.4 is 0 Å². The van der Waals surface area contributed by atoms with Gasteiger partial charge in [-0.1, -0.05) is 11.6 Å². The Bertz CT molecular complexity index is 840. The minimum atomic E-state index is -0.359. The summed E-state index contributed by atoms with van der Waals surface area (Å²) in [5, 5.41) is 9.96. The molecule has 3 aromatic rings. The highest BCUT2D eigenvalue weighted by molar-refractivity contribution is 6.30. The van der Waals surface area contributed by atoms with Gasteiger partial charge in [-0.2, -0.15) is 0 Å². The lowest BCUT2D eigenvalue weighted by molar-refractivity contribution is -0.139. The Balaban J connectivity index is 2.21. The number of halogens is 1. The van der Waals surface area contributed by atoms with E-state index in [0.717, 1.165) is 5.56 Å². The molecule has 2 aromatic heterocycles. The second-order valence-electron chi connectivity index (χ2n) is 4.78. The smallest absolute Gasteiger partial charge is 0.311 e. The number of nitrogens with zero attached hydrogens (tertiary/aromatic N) is 2. The van der Waals surface area contributed by atoms with Crippen LogP contribution in [-0.2, 0) is 16.0 Å². The minimum absolute atomic E-state index is 0.0776. The van der Waals surface area contributed by atoms with Crippen molar-refractivity contribution in [2.75, 3.05) is 7.11 Å². The number of fused-ring (bicyclic) bond motifs is 1. The third kappa shape index (κ3) is 2.63. The molecule has 6 heteroatoms.